The zero-order valence-corrected chi connectivity index (χ0v) is 16.0. The number of rotatable bonds is 5. The number of aromatic nitrogens is 2. The second-order valence-electron chi connectivity index (χ2n) is 7.53. The van der Waals surface area contributed by atoms with E-state index in [2.05, 4.69) is 5.10 Å². The number of hydrogen-bond donors (Lipinski definition) is 1. The lowest BCUT2D eigenvalue weighted by atomic mass is 9.67. The van der Waals surface area contributed by atoms with E-state index >= 15 is 0 Å². The number of halogens is 1. The molecule has 1 atom stereocenters. The number of carboxylic acids is 1. The molecule has 1 N–H and O–H groups in total. The van der Waals surface area contributed by atoms with Crippen LogP contribution in [0.4, 0.5) is 0 Å². The van der Waals surface area contributed by atoms with Gasteiger partial charge < -0.3 is 14.4 Å². The van der Waals surface area contributed by atoms with Crippen molar-refractivity contribution in [1.82, 2.24) is 9.78 Å². The van der Waals surface area contributed by atoms with Crippen LogP contribution < -0.4 is 0 Å². The van der Waals surface area contributed by atoms with Gasteiger partial charge in [0.2, 0.25) is 0 Å². The van der Waals surface area contributed by atoms with Gasteiger partial charge in [-0.05, 0) is 51.5 Å². The molecule has 0 amide bonds. The summed E-state index contributed by atoms with van der Waals surface area (Å²) in [6, 6.07) is 7.29. The lowest BCUT2D eigenvalue weighted by Gasteiger charge is -2.32. The van der Waals surface area contributed by atoms with Crippen molar-refractivity contribution in [2.75, 3.05) is 0 Å². The Kier molecular flexibility index (Phi) is 4.90. The topological polar surface area (TPSA) is 73.6 Å². The van der Waals surface area contributed by atoms with Gasteiger partial charge in [-0.15, -0.1) is 0 Å². The molecule has 1 saturated heterocycles. The zero-order valence-electron chi connectivity index (χ0n) is 15.3. The normalized spacial score (nSPS) is 19.5. The summed E-state index contributed by atoms with van der Waals surface area (Å²) >= 11 is 6.04. The minimum atomic E-state index is -0.916. The second-order valence-corrected chi connectivity index (χ2v) is 7.96. The number of aliphatic carboxylic acids is 1. The summed E-state index contributed by atoms with van der Waals surface area (Å²) in [6.07, 6.45) is 3.34. The van der Waals surface area contributed by atoms with Crippen molar-refractivity contribution in [2.45, 2.75) is 51.1 Å². The molecule has 1 aliphatic rings. The molecule has 1 aliphatic heterocycles. The van der Waals surface area contributed by atoms with Crippen LogP contribution in [0.5, 0.6) is 0 Å². The standard InChI is InChI=1S/C18H22BClN2O4/c1-17(2)18(3,4)26-19(25-17)15(9-16(23)24)12-10-21-22(11-12)14-7-5-6-13(20)8-14/h5-8,10-11,15H,9H2,1-4H3,(H,23,24). The number of hydrogen-bond acceptors (Lipinski definition) is 4. The Labute approximate surface area is 158 Å². The maximum Gasteiger partial charge on any atom is 0.466 e. The average Bonchev–Trinajstić information content (AvgIpc) is 3.08. The van der Waals surface area contributed by atoms with Crippen LogP contribution in [-0.4, -0.2) is 39.2 Å². The number of carboxylic acid groups (broad SMARTS) is 1. The fourth-order valence-corrected chi connectivity index (χ4v) is 3.08. The van der Waals surface area contributed by atoms with E-state index in [0.29, 0.717) is 5.02 Å². The maximum atomic E-state index is 11.4. The minimum Gasteiger partial charge on any atom is -0.481 e. The Bertz CT molecular complexity index is 805. The number of carbonyl (C=O) groups is 1. The molecule has 0 aliphatic carbocycles. The SMILES string of the molecule is CC1(C)OB(C(CC(=O)O)c2cnn(-c3cccc(Cl)c3)c2)OC1(C)C. The third-order valence-electron chi connectivity index (χ3n) is 5.10. The van der Waals surface area contributed by atoms with Crippen LogP contribution in [0.15, 0.2) is 36.7 Å². The first kappa shape index (κ1) is 19.0. The Balaban J connectivity index is 1.91. The third kappa shape index (κ3) is 3.65. The van der Waals surface area contributed by atoms with Gasteiger partial charge in [0, 0.05) is 17.0 Å². The lowest BCUT2D eigenvalue weighted by Crippen LogP contribution is -2.41. The fourth-order valence-electron chi connectivity index (χ4n) is 2.90. The summed E-state index contributed by atoms with van der Waals surface area (Å²) in [6.45, 7) is 7.78. The van der Waals surface area contributed by atoms with E-state index < -0.39 is 30.1 Å². The van der Waals surface area contributed by atoms with Crippen molar-refractivity contribution in [3.8, 4) is 5.69 Å². The predicted octanol–water partition coefficient (Wildman–Crippen LogP) is 3.72. The molecule has 2 aromatic rings. The van der Waals surface area contributed by atoms with E-state index in [1.165, 1.54) is 0 Å². The molecule has 138 valence electrons. The Hall–Kier alpha value is -1.83. The van der Waals surface area contributed by atoms with Crippen LogP contribution >= 0.6 is 11.6 Å². The average molecular weight is 377 g/mol. The van der Waals surface area contributed by atoms with Gasteiger partial charge in [0.1, 0.15) is 0 Å². The van der Waals surface area contributed by atoms with E-state index in [0.717, 1.165) is 11.3 Å². The molecule has 0 saturated carbocycles. The first-order valence-corrected chi connectivity index (χ1v) is 8.85. The fraction of sp³-hybridized carbons (Fsp3) is 0.444. The Morgan fingerprint density at radius 1 is 1.31 bits per heavy atom. The van der Waals surface area contributed by atoms with E-state index in [4.69, 9.17) is 20.9 Å². The summed E-state index contributed by atoms with van der Waals surface area (Å²) < 4.78 is 13.8. The highest BCUT2D eigenvalue weighted by molar-refractivity contribution is 6.48. The summed E-state index contributed by atoms with van der Waals surface area (Å²) in [7, 11) is -0.659. The molecule has 8 heteroatoms. The third-order valence-corrected chi connectivity index (χ3v) is 5.33. The highest BCUT2D eigenvalue weighted by Gasteiger charge is 2.54. The van der Waals surface area contributed by atoms with Crippen molar-refractivity contribution in [3.63, 3.8) is 0 Å². The van der Waals surface area contributed by atoms with E-state index in [1.807, 2.05) is 39.8 Å². The van der Waals surface area contributed by atoms with E-state index in [1.54, 1.807) is 29.2 Å². The molecule has 0 spiro atoms. The van der Waals surface area contributed by atoms with Crippen LogP contribution in [0.1, 0.15) is 45.5 Å². The van der Waals surface area contributed by atoms with Gasteiger partial charge in [-0.1, -0.05) is 17.7 Å². The molecule has 26 heavy (non-hydrogen) atoms. The van der Waals surface area contributed by atoms with Gasteiger partial charge >= 0.3 is 13.1 Å². The van der Waals surface area contributed by atoms with Crippen molar-refractivity contribution in [1.29, 1.82) is 0 Å². The van der Waals surface area contributed by atoms with Gasteiger partial charge in [-0.2, -0.15) is 5.10 Å². The minimum absolute atomic E-state index is 0.113. The highest BCUT2D eigenvalue weighted by atomic mass is 35.5. The summed E-state index contributed by atoms with van der Waals surface area (Å²) in [5.74, 6) is -1.39. The highest BCUT2D eigenvalue weighted by Crippen LogP contribution is 2.41. The number of nitrogens with zero attached hydrogens (tertiary/aromatic N) is 2. The van der Waals surface area contributed by atoms with Gasteiger partial charge in [-0.3, -0.25) is 4.79 Å². The predicted molar refractivity (Wildman–Crippen MR) is 99.6 cm³/mol. The molecule has 0 radical (unpaired) electrons. The van der Waals surface area contributed by atoms with E-state index in [-0.39, 0.29) is 6.42 Å². The summed E-state index contributed by atoms with van der Waals surface area (Å²) in [5, 5.41) is 14.3. The quantitative estimate of drug-likeness (QED) is 0.805. The molecule has 0 bridgehead atoms. The summed E-state index contributed by atoms with van der Waals surface area (Å²) in [5.41, 5.74) is 0.479. The van der Waals surface area contributed by atoms with Crippen molar-refractivity contribution in [3.05, 3.63) is 47.2 Å². The van der Waals surface area contributed by atoms with Gasteiger partial charge in [0.25, 0.3) is 0 Å². The monoisotopic (exact) mass is 376 g/mol. The van der Waals surface area contributed by atoms with Crippen molar-refractivity contribution >= 4 is 24.7 Å². The Morgan fingerprint density at radius 2 is 1.96 bits per heavy atom. The smallest absolute Gasteiger partial charge is 0.466 e. The lowest BCUT2D eigenvalue weighted by molar-refractivity contribution is -0.137. The molecule has 1 aromatic heterocycles. The molecule has 6 nitrogen and oxygen atoms in total. The molecule has 2 heterocycles. The first-order chi connectivity index (χ1) is 12.1. The second kappa shape index (κ2) is 6.72. The molecule has 1 unspecified atom stereocenters. The Morgan fingerprint density at radius 3 is 2.54 bits per heavy atom. The molecule has 1 fully saturated rings. The van der Waals surface area contributed by atoms with Gasteiger partial charge in [0.15, 0.2) is 0 Å². The van der Waals surface area contributed by atoms with Crippen LogP contribution in [0.25, 0.3) is 5.69 Å². The van der Waals surface area contributed by atoms with Crippen LogP contribution in [-0.2, 0) is 14.1 Å². The maximum absolute atomic E-state index is 11.4. The van der Waals surface area contributed by atoms with E-state index in [9.17, 15) is 9.90 Å². The van der Waals surface area contributed by atoms with Crippen molar-refractivity contribution < 1.29 is 19.2 Å². The molecular formula is C18H22BClN2O4. The molecule has 1 aromatic carbocycles. The van der Waals surface area contributed by atoms with Crippen LogP contribution in [0, 0.1) is 0 Å². The summed E-state index contributed by atoms with van der Waals surface area (Å²) in [4.78, 5) is 11.4. The molecular weight excluding hydrogens is 354 g/mol. The van der Waals surface area contributed by atoms with Crippen LogP contribution in [0.2, 0.25) is 5.02 Å². The van der Waals surface area contributed by atoms with Crippen molar-refractivity contribution in [2.24, 2.45) is 0 Å². The zero-order chi connectivity index (χ0) is 19.1. The number of benzene rings is 1. The molecule has 3 rings (SSSR count). The van der Waals surface area contributed by atoms with Gasteiger partial charge in [0.05, 0.1) is 29.5 Å². The first-order valence-electron chi connectivity index (χ1n) is 8.47. The van der Waals surface area contributed by atoms with Gasteiger partial charge in [-0.25, -0.2) is 4.68 Å². The van der Waals surface area contributed by atoms with Crippen LogP contribution in [0.3, 0.4) is 0 Å². The largest absolute Gasteiger partial charge is 0.481 e.